The number of carbonyl (C=O) groups excluding carboxylic acids is 1. The summed E-state index contributed by atoms with van der Waals surface area (Å²) in [7, 11) is 0. The molecule has 0 bridgehead atoms. The lowest BCUT2D eigenvalue weighted by atomic mass is 10.1. The normalized spacial score (nSPS) is 20.1. The predicted molar refractivity (Wildman–Crippen MR) is 133 cm³/mol. The molecule has 1 aliphatic rings. The third kappa shape index (κ3) is 4.82. The maximum Gasteiger partial charge on any atom is 0.229 e. The molecule has 1 saturated heterocycles. The Morgan fingerprint density at radius 3 is 2.53 bits per heavy atom. The van der Waals surface area contributed by atoms with Crippen molar-refractivity contribution in [2.45, 2.75) is 60.0 Å². The third-order valence-electron chi connectivity index (χ3n) is 6.23. The molecule has 4 rings (SSSR count). The number of pyridine rings is 2. The Morgan fingerprint density at radius 2 is 1.88 bits per heavy atom. The van der Waals surface area contributed by atoms with Crippen molar-refractivity contribution < 1.29 is 9.18 Å². The van der Waals surface area contributed by atoms with Crippen molar-refractivity contribution in [3.8, 4) is 0 Å². The van der Waals surface area contributed by atoms with Crippen molar-refractivity contribution in [3.05, 3.63) is 64.9 Å². The summed E-state index contributed by atoms with van der Waals surface area (Å²) >= 11 is 0. The van der Waals surface area contributed by atoms with Crippen LogP contribution < -0.4 is 15.7 Å². The lowest BCUT2D eigenvalue weighted by molar-refractivity contribution is 0.0931. The summed E-state index contributed by atoms with van der Waals surface area (Å²) in [4.78, 5) is 24.0. The number of aromatic nitrogens is 3. The highest BCUT2D eigenvalue weighted by Gasteiger charge is 2.22. The number of halogens is 1. The Hall–Kier alpha value is -3.26. The van der Waals surface area contributed by atoms with Crippen LogP contribution in [-0.2, 0) is 0 Å². The second-order valence-corrected chi connectivity index (χ2v) is 9.29. The molecule has 4 heterocycles. The fraction of sp³-hybridized carbons (Fsp3) is 0.423. The van der Waals surface area contributed by atoms with Gasteiger partial charge in [-0.3, -0.25) is 9.36 Å². The van der Waals surface area contributed by atoms with Crippen molar-refractivity contribution in [2.75, 3.05) is 18.0 Å². The summed E-state index contributed by atoms with van der Waals surface area (Å²) in [5.74, 6) is -0.531. The van der Waals surface area contributed by atoms with E-state index < -0.39 is 5.82 Å². The van der Waals surface area contributed by atoms with Gasteiger partial charge in [-0.1, -0.05) is 6.92 Å². The zero-order valence-corrected chi connectivity index (χ0v) is 20.8. The van der Waals surface area contributed by atoms with Gasteiger partial charge in [0.25, 0.3) is 0 Å². The van der Waals surface area contributed by atoms with Crippen LogP contribution in [-0.4, -0.2) is 45.0 Å². The highest BCUT2D eigenvalue weighted by Crippen LogP contribution is 2.24. The molecule has 0 saturated carbocycles. The molecule has 1 aliphatic heterocycles. The molecule has 1 N–H and O–H groups in total. The zero-order valence-electron chi connectivity index (χ0n) is 20.8. The summed E-state index contributed by atoms with van der Waals surface area (Å²) < 4.78 is 18.1. The molecule has 0 radical (unpaired) electrons. The highest BCUT2D eigenvalue weighted by molar-refractivity contribution is 5.77. The molecule has 8 heteroatoms. The number of allylic oxidation sites excluding steroid dienone is 1. The summed E-state index contributed by atoms with van der Waals surface area (Å²) in [5.41, 5.74) is 4.82. The first-order chi connectivity index (χ1) is 16.2. The van der Waals surface area contributed by atoms with E-state index >= 15 is 0 Å². The lowest BCUT2D eigenvalue weighted by Gasteiger charge is -2.37. The van der Waals surface area contributed by atoms with Crippen LogP contribution in [0.5, 0.6) is 0 Å². The van der Waals surface area contributed by atoms with Gasteiger partial charge in [0.05, 0.1) is 17.1 Å². The van der Waals surface area contributed by atoms with Crippen LogP contribution in [0.1, 0.15) is 57.1 Å². The number of rotatable bonds is 4. The summed E-state index contributed by atoms with van der Waals surface area (Å²) in [6, 6.07) is 6.06. The molecular formula is C26H33FN6O. The van der Waals surface area contributed by atoms with Crippen molar-refractivity contribution in [1.29, 1.82) is 0 Å². The lowest BCUT2D eigenvalue weighted by Crippen LogP contribution is -2.54. The first kappa shape index (κ1) is 23.9. The van der Waals surface area contributed by atoms with E-state index in [2.05, 4.69) is 29.0 Å². The molecule has 7 nitrogen and oxygen atoms in total. The van der Waals surface area contributed by atoms with Gasteiger partial charge in [0.2, 0.25) is 5.91 Å². The number of piperazine rings is 1. The van der Waals surface area contributed by atoms with Crippen LogP contribution in [0.4, 0.5) is 10.1 Å². The smallest absolute Gasteiger partial charge is 0.229 e. The number of nitrogens with one attached hydrogen (secondary N) is 1. The monoisotopic (exact) mass is 464 g/mol. The average Bonchev–Trinajstić information content (AvgIpc) is 3.17. The first-order valence-electron chi connectivity index (χ1n) is 11.8. The van der Waals surface area contributed by atoms with Gasteiger partial charge < -0.3 is 14.6 Å². The number of carbonyl (C=O) groups is 1. The second kappa shape index (κ2) is 9.54. The second-order valence-electron chi connectivity index (χ2n) is 9.29. The quantitative estimate of drug-likeness (QED) is 0.629. The number of aryl methyl sites for hydroxylation is 1. The number of imidazole rings is 1. The highest BCUT2D eigenvalue weighted by atomic mass is 19.1. The van der Waals surface area contributed by atoms with Crippen LogP contribution >= 0.6 is 0 Å². The minimum Gasteiger partial charge on any atom is -0.367 e. The molecule has 0 spiro atoms. The van der Waals surface area contributed by atoms with Crippen molar-refractivity contribution >= 4 is 22.9 Å². The zero-order chi connectivity index (χ0) is 24.6. The molecule has 2 unspecified atom stereocenters. The van der Waals surface area contributed by atoms with Crippen LogP contribution in [0.25, 0.3) is 11.3 Å². The van der Waals surface area contributed by atoms with Gasteiger partial charge in [0.1, 0.15) is 5.49 Å². The molecule has 180 valence electrons. The number of nitrogens with zero attached hydrogens (tertiary/aromatic N) is 5. The van der Waals surface area contributed by atoms with Crippen LogP contribution in [0.3, 0.4) is 0 Å². The molecule has 2 atom stereocenters. The third-order valence-corrected chi connectivity index (χ3v) is 6.23. The van der Waals surface area contributed by atoms with Crippen molar-refractivity contribution in [1.82, 2.24) is 19.3 Å². The van der Waals surface area contributed by atoms with Gasteiger partial charge in [-0.25, -0.2) is 14.4 Å². The van der Waals surface area contributed by atoms with Gasteiger partial charge in [-0.05, 0) is 57.9 Å². The standard InChI is InChI=1S/C26H33FN6O/c1-7-16(2)25(21-10-23(27)26-29-19(5)13-32(26)14-21)30-24-9-8-22(15-33(24)20(6)34)31-11-17(3)28-18(4)12-31/h8-10,13-15,17-18,28H,7,11-12H2,1-6H3/b25-16+,30-24?. The molecule has 0 aromatic carbocycles. The number of hydrogen-bond donors (Lipinski definition) is 1. The van der Waals surface area contributed by atoms with Crippen LogP contribution in [0.2, 0.25) is 0 Å². The van der Waals surface area contributed by atoms with Gasteiger partial charge in [0.15, 0.2) is 11.5 Å². The maximum atomic E-state index is 14.8. The van der Waals surface area contributed by atoms with E-state index in [9.17, 15) is 9.18 Å². The number of anilines is 1. The predicted octanol–water partition coefficient (Wildman–Crippen LogP) is 4.17. The van der Waals surface area contributed by atoms with E-state index in [0.717, 1.165) is 36.5 Å². The molecule has 34 heavy (non-hydrogen) atoms. The fourth-order valence-corrected chi connectivity index (χ4v) is 4.55. The van der Waals surface area contributed by atoms with Crippen molar-refractivity contribution in [2.24, 2.45) is 4.99 Å². The Labute approximate surface area is 199 Å². The molecule has 0 aliphatic carbocycles. The van der Waals surface area contributed by atoms with E-state index in [1.807, 2.05) is 45.3 Å². The van der Waals surface area contributed by atoms with Crippen LogP contribution in [0, 0.1) is 12.7 Å². The van der Waals surface area contributed by atoms with Gasteiger partial charge >= 0.3 is 0 Å². The van der Waals surface area contributed by atoms with Gasteiger partial charge in [-0.2, -0.15) is 0 Å². The maximum absolute atomic E-state index is 14.8. The van der Waals surface area contributed by atoms with Crippen molar-refractivity contribution in [3.63, 3.8) is 0 Å². The fourth-order valence-electron chi connectivity index (χ4n) is 4.55. The minimum atomic E-state index is -0.404. The Bertz CT molecular complexity index is 1320. The first-order valence-corrected chi connectivity index (χ1v) is 11.8. The largest absolute Gasteiger partial charge is 0.367 e. The minimum absolute atomic E-state index is 0.128. The number of hydrogen-bond acceptors (Lipinski definition) is 5. The molecule has 1 fully saturated rings. The summed E-state index contributed by atoms with van der Waals surface area (Å²) in [6.45, 7) is 13.4. The SMILES string of the molecule is CC/C(C)=C(/N=c1ccc(N2CC(C)NC(C)C2)cn1C(C)=O)c1cc(F)c2nc(C)cn2c1. The van der Waals surface area contributed by atoms with E-state index in [0.29, 0.717) is 28.8 Å². The summed E-state index contributed by atoms with van der Waals surface area (Å²) in [5, 5.41) is 3.53. The van der Waals surface area contributed by atoms with Crippen LogP contribution in [0.15, 0.2) is 47.4 Å². The van der Waals surface area contributed by atoms with E-state index in [4.69, 9.17) is 4.99 Å². The van der Waals surface area contributed by atoms with Gasteiger partial charge in [0, 0.05) is 56.3 Å². The topological polar surface area (TPSA) is 66.9 Å². The number of fused-ring (bicyclic) bond motifs is 1. The van der Waals surface area contributed by atoms with E-state index in [1.165, 1.54) is 13.0 Å². The molecule has 0 amide bonds. The Balaban J connectivity index is 1.83. The molecular weight excluding hydrogens is 431 g/mol. The molecule has 3 aromatic heterocycles. The van der Waals surface area contributed by atoms with E-state index in [-0.39, 0.29) is 11.6 Å². The van der Waals surface area contributed by atoms with Gasteiger partial charge in [-0.15, -0.1) is 0 Å². The Morgan fingerprint density at radius 1 is 1.18 bits per heavy atom. The molecule has 3 aromatic rings. The average molecular weight is 465 g/mol. The summed E-state index contributed by atoms with van der Waals surface area (Å²) in [6.07, 6.45) is 6.23. The Kier molecular flexibility index (Phi) is 6.70. The van der Waals surface area contributed by atoms with E-state index in [1.54, 1.807) is 15.2 Å².